The molecule has 8 heteroatoms. The highest BCUT2D eigenvalue weighted by Gasteiger charge is 2.25. The van der Waals surface area contributed by atoms with Crippen molar-refractivity contribution < 1.29 is 13.9 Å². The van der Waals surface area contributed by atoms with Crippen LogP contribution in [-0.2, 0) is 4.74 Å². The summed E-state index contributed by atoms with van der Waals surface area (Å²) < 4.78 is 21.0. The smallest absolute Gasteiger partial charge is 0.254 e. The molecule has 1 aliphatic heterocycles. The average molecular weight is 415 g/mol. The standard InChI is InChI=1S/C21H23FN4O2S/c1-15-16(13-24-26(15)18-6-3-2-5-17(18)22)21(27)23-14-19(20-7-4-12-29-20)25-8-10-28-11-9-25/h2-7,12-13,19H,8-11,14H2,1H3,(H,23,27). The minimum atomic E-state index is -0.379. The monoisotopic (exact) mass is 414 g/mol. The number of rotatable bonds is 6. The molecule has 4 rings (SSSR count). The van der Waals surface area contributed by atoms with Crippen molar-refractivity contribution in [2.45, 2.75) is 13.0 Å². The van der Waals surface area contributed by atoms with E-state index in [0.717, 1.165) is 13.1 Å². The molecule has 1 N–H and O–H groups in total. The van der Waals surface area contributed by atoms with Crippen LogP contribution in [-0.4, -0.2) is 53.4 Å². The molecule has 1 aromatic carbocycles. The molecule has 0 aliphatic carbocycles. The van der Waals surface area contributed by atoms with Gasteiger partial charge in [0.25, 0.3) is 5.91 Å². The topological polar surface area (TPSA) is 59.4 Å². The Balaban J connectivity index is 1.49. The molecule has 0 bridgehead atoms. The van der Waals surface area contributed by atoms with E-state index in [1.807, 2.05) is 11.4 Å². The van der Waals surface area contributed by atoms with Crippen molar-refractivity contribution in [3.8, 4) is 5.69 Å². The van der Waals surface area contributed by atoms with Gasteiger partial charge in [-0.25, -0.2) is 9.07 Å². The van der Waals surface area contributed by atoms with Gasteiger partial charge >= 0.3 is 0 Å². The molecule has 0 spiro atoms. The maximum atomic E-state index is 14.1. The predicted octanol–water partition coefficient (Wildman–Crippen LogP) is 3.18. The average Bonchev–Trinajstić information content (AvgIpc) is 3.40. The van der Waals surface area contributed by atoms with E-state index < -0.39 is 0 Å². The number of ether oxygens (including phenoxy) is 1. The van der Waals surface area contributed by atoms with Crippen LogP contribution >= 0.6 is 11.3 Å². The van der Waals surface area contributed by atoms with E-state index in [1.165, 1.54) is 21.8 Å². The molecule has 29 heavy (non-hydrogen) atoms. The van der Waals surface area contributed by atoms with Crippen LogP contribution in [0.1, 0.15) is 27.0 Å². The minimum absolute atomic E-state index is 0.102. The highest BCUT2D eigenvalue weighted by Crippen LogP contribution is 2.25. The number of aromatic nitrogens is 2. The predicted molar refractivity (Wildman–Crippen MR) is 110 cm³/mol. The second-order valence-corrected chi connectivity index (χ2v) is 7.88. The Hall–Kier alpha value is -2.55. The van der Waals surface area contributed by atoms with E-state index >= 15 is 0 Å². The van der Waals surface area contributed by atoms with Gasteiger partial charge in [0, 0.05) is 24.5 Å². The van der Waals surface area contributed by atoms with E-state index in [9.17, 15) is 9.18 Å². The maximum absolute atomic E-state index is 14.1. The van der Waals surface area contributed by atoms with Crippen molar-refractivity contribution in [3.05, 3.63) is 69.9 Å². The van der Waals surface area contributed by atoms with Gasteiger partial charge in [0.1, 0.15) is 11.5 Å². The largest absolute Gasteiger partial charge is 0.379 e. The second-order valence-electron chi connectivity index (χ2n) is 6.90. The third-order valence-electron chi connectivity index (χ3n) is 5.15. The lowest BCUT2D eigenvalue weighted by molar-refractivity contribution is 0.0169. The van der Waals surface area contributed by atoms with Crippen molar-refractivity contribution in [2.75, 3.05) is 32.8 Å². The lowest BCUT2D eigenvalue weighted by atomic mass is 10.1. The Labute approximate surface area is 172 Å². The summed E-state index contributed by atoms with van der Waals surface area (Å²) in [6, 6.07) is 10.6. The number of morpholine rings is 1. The number of amides is 1. The van der Waals surface area contributed by atoms with Gasteiger partial charge in [-0.1, -0.05) is 18.2 Å². The first-order valence-corrected chi connectivity index (χ1v) is 10.5. The lowest BCUT2D eigenvalue weighted by Crippen LogP contribution is -2.43. The molecule has 3 aromatic rings. The van der Waals surface area contributed by atoms with Crippen LogP contribution in [0.2, 0.25) is 0 Å². The molecule has 2 aromatic heterocycles. The number of hydrogen-bond acceptors (Lipinski definition) is 5. The van der Waals surface area contributed by atoms with Crippen molar-refractivity contribution in [3.63, 3.8) is 0 Å². The number of hydrogen-bond donors (Lipinski definition) is 1. The Kier molecular flexibility index (Phi) is 6.03. The van der Waals surface area contributed by atoms with Crippen LogP contribution in [0.25, 0.3) is 5.69 Å². The number of benzene rings is 1. The van der Waals surface area contributed by atoms with E-state index in [-0.39, 0.29) is 17.8 Å². The molecule has 1 saturated heterocycles. The SMILES string of the molecule is Cc1c(C(=O)NCC(c2cccs2)N2CCOCC2)cnn1-c1ccccc1F. The van der Waals surface area contributed by atoms with Gasteiger partial charge in [-0.05, 0) is 30.5 Å². The normalized spacial score (nSPS) is 15.9. The fourth-order valence-electron chi connectivity index (χ4n) is 3.56. The summed E-state index contributed by atoms with van der Waals surface area (Å²) in [5, 5.41) is 9.32. The van der Waals surface area contributed by atoms with Gasteiger partial charge in [-0.3, -0.25) is 9.69 Å². The molecule has 1 unspecified atom stereocenters. The zero-order chi connectivity index (χ0) is 20.2. The van der Waals surface area contributed by atoms with Crippen LogP contribution in [0.15, 0.2) is 48.0 Å². The first kappa shape index (κ1) is 19.8. The first-order chi connectivity index (χ1) is 14.1. The van der Waals surface area contributed by atoms with E-state index in [2.05, 4.69) is 21.4 Å². The summed E-state index contributed by atoms with van der Waals surface area (Å²) in [7, 11) is 0. The minimum Gasteiger partial charge on any atom is -0.379 e. The van der Waals surface area contributed by atoms with Crippen molar-refractivity contribution in [1.29, 1.82) is 0 Å². The fraction of sp³-hybridized carbons (Fsp3) is 0.333. The third-order valence-corrected chi connectivity index (χ3v) is 6.12. The molecular formula is C21H23FN4O2S. The molecule has 1 amide bonds. The van der Waals surface area contributed by atoms with Crippen LogP contribution < -0.4 is 5.32 Å². The summed E-state index contributed by atoms with van der Waals surface area (Å²) in [5.74, 6) is -0.587. The number of carbonyl (C=O) groups is 1. The zero-order valence-electron chi connectivity index (χ0n) is 16.2. The quantitative estimate of drug-likeness (QED) is 0.673. The van der Waals surface area contributed by atoms with Gasteiger partial charge < -0.3 is 10.1 Å². The first-order valence-electron chi connectivity index (χ1n) is 9.58. The molecule has 1 fully saturated rings. The Morgan fingerprint density at radius 1 is 1.28 bits per heavy atom. The molecule has 1 atom stereocenters. The molecule has 152 valence electrons. The van der Waals surface area contributed by atoms with Crippen molar-refractivity contribution >= 4 is 17.2 Å². The summed E-state index contributed by atoms with van der Waals surface area (Å²) in [6.07, 6.45) is 1.49. The van der Waals surface area contributed by atoms with Crippen LogP contribution in [0.4, 0.5) is 4.39 Å². The van der Waals surface area contributed by atoms with Crippen molar-refractivity contribution in [2.24, 2.45) is 0 Å². The number of carbonyl (C=O) groups excluding carboxylic acids is 1. The summed E-state index contributed by atoms with van der Waals surface area (Å²) in [6.45, 7) is 5.33. The summed E-state index contributed by atoms with van der Waals surface area (Å²) in [4.78, 5) is 16.4. The van der Waals surface area contributed by atoms with Crippen LogP contribution in [0, 0.1) is 12.7 Å². The summed E-state index contributed by atoms with van der Waals surface area (Å²) >= 11 is 1.69. The lowest BCUT2D eigenvalue weighted by Gasteiger charge is -2.34. The highest BCUT2D eigenvalue weighted by molar-refractivity contribution is 7.10. The van der Waals surface area contributed by atoms with Crippen molar-refractivity contribution in [1.82, 2.24) is 20.0 Å². The molecule has 3 heterocycles. The number of nitrogens with zero attached hydrogens (tertiary/aromatic N) is 3. The van der Waals surface area contributed by atoms with Gasteiger partial charge in [0.2, 0.25) is 0 Å². The van der Waals surface area contributed by atoms with E-state index in [4.69, 9.17) is 4.74 Å². The van der Waals surface area contributed by atoms with E-state index in [0.29, 0.717) is 36.7 Å². The van der Waals surface area contributed by atoms with Gasteiger partial charge in [0.15, 0.2) is 0 Å². The summed E-state index contributed by atoms with van der Waals surface area (Å²) in [5.41, 5.74) is 1.38. The Morgan fingerprint density at radius 2 is 2.07 bits per heavy atom. The zero-order valence-corrected chi connectivity index (χ0v) is 17.0. The van der Waals surface area contributed by atoms with Crippen LogP contribution in [0.3, 0.4) is 0 Å². The third kappa shape index (κ3) is 4.24. The van der Waals surface area contributed by atoms with Gasteiger partial charge in [-0.2, -0.15) is 5.10 Å². The second kappa shape index (κ2) is 8.86. The maximum Gasteiger partial charge on any atom is 0.254 e. The molecular weight excluding hydrogens is 391 g/mol. The van der Waals surface area contributed by atoms with Crippen LogP contribution in [0.5, 0.6) is 0 Å². The Bertz CT molecular complexity index is 967. The fourth-order valence-corrected chi connectivity index (χ4v) is 4.42. The number of thiophene rings is 1. The highest BCUT2D eigenvalue weighted by atomic mass is 32.1. The Morgan fingerprint density at radius 3 is 2.79 bits per heavy atom. The van der Waals surface area contributed by atoms with E-state index in [1.54, 1.807) is 36.5 Å². The van der Waals surface area contributed by atoms with Gasteiger partial charge in [-0.15, -0.1) is 11.3 Å². The molecule has 1 aliphatic rings. The molecule has 0 radical (unpaired) electrons. The molecule has 0 saturated carbocycles. The van der Waals surface area contributed by atoms with Gasteiger partial charge in [0.05, 0.1) is 36.7 Å². The number of nitrogens with one attached hydrogen (secondary N) is 1. The number of halogens is 1. The number of para-hydroxylation sites is 1. The molecule has 6 nitrogen and oxygen atoms in total.